The predicted octanol–water partition coefficient (Wildman–Crippen LogP) is 4.76. The second-order valence-electron chi connectivity index (χ2n) is 12.1. The van der Waals surface area contributed by atoms with E-state index in [-0.39, 0.29) is 31.0 Å². The highest BCUT2D eigenvalue weighted by molar-refractivity contribution is 8.19. The number of nitrogens with zero attached hydrogens (tertiary/aromatic N) is 2. The molecule has 2 aliphatic carbocycles. The minimum Gasteiger partial charge on any atom is -0.460 e. The van der Waals surface area contributed by atoms with Gasteiger partial charge >= 0.3 is 5.97 Å². The Morgan fingerprint density at radius 1 is 1.18 bits per heavy atom. The number of aliphatic imine (C=N–C) groups is 1. The molecule has 40 heavy (non-hydrogen) atoms. The van der Waals surface area contributed by atoms with Gasteiger partial charge in [0.15, 0.2) is 0 Å². The van der Waals surface area contributed by atoms with Crippen molar-refractivity contribution in [2.24, 2.45) is 10.9 Å². The molecule has 1 aromatic carbocycles. The lowest BCUT2D eigenvalue weighted by Gasteiger charge is -2.39. The van der Waals surface area contributed by atoms with Gasteiger partial charge in [0.05, 0.1) is 22.1 Å². The van der Waals surface area contributed by atoms with Gasteiger partial charge in [-0.2, -0.15) is 0 Å². The fourth-order valence-electron chi connectivity index (χ4n) is 5.16. The number of aryl methyl sites for hydroxylation is 1. The quantitative estimate of drug-likeness (QED) is 0.254. The van der Waals surface area contributed by atoms with E-state index in [1.807, 2.05) is 33.8 Å². The molecule has 0 aromatic heterocycles. The lowest BCUT2D eigenvalue weighted by Crippen LogP contribution is -2.52. The SMILES string of the molecule is Cc1cc(S(=O)(=P)NCCC(=O)OC(C)(C)C)ccc1NC(=O)C1=CC(N(CC2CC2)C2CCCCC2)NC=N1. The van der Waals surface area contributed by atoms with E-state index in [1.54, 1.807) is 24.5 Å². The van der Waals surface area contributed by atoms with Crippen molar-refractivity contribution >= 4 is 41.2 Å². The van der Waals surface area contributed by atoms with Crippen molar-refractivity contribution in [3.05, 3.63) is 35.5 Å². The molecular weight excluding hydrogens is 545 g/mol. The molecule has 1 aromatic rings. The molecule has 1 aliphatic heterocycles. The largest absolute Gasteiger partial charge is 0.460 e. The van der Waals surface area contributed by atoms with Crippen molar-refractivity contribution in [3.8, 4) is 0 Å². The monoisotopic (exact) mass is 589 g/mol. The van der Waals surface area contributed by atoms with E-state index >= 15 is 0 Å². The van der Waals surface area contributed by atoms with Crippen LogP contribution in [0.2, 0.25) is 0 Å². The van der Waals surface area contributed by atoms with Crippen molar-refractivity contribution in [3.63, 3.8) is 0 Å². The van der Waals surface area contributed by atoms with Gasteiger partial charge in [-0.15, -0.1) is 0 Å². The third-order valence-electron chi connectivity index (χ3n) is 7.40. The standard InChI is InChI=1S/C29H44N5O4PS/c1-20-16-23(40(37,39)32-15-14-27(35)38-29(2,3)4)12-13-24(20)33-28(36)25-17-26(31-19-30-25)34(18-21-10-11-21)22-8-6-5-7-9-22/h12-13,16-17,19,21-22,26,39H,5-11,14-15,18H2,1-4H3,(H,30,31)(H,32,37)(H,33,36). The molecule has 9 nitrogen and oxygen atoms in total. The lowest BCUT2D eigenvalue weighted by atomic mass is 9.93. The Hall–Kier alpha value is -2.26. The smallest absolute Gasteiger partial charge is 0.307 e. The molecule has 1 heterocycles. The molecule has 0 bridgehead atoms. The number of hydrogen-bond acceptors (Lipinski definition) is 7. The Balaban J connectivity index is 1.38. The number of esters is 1. The average molecular weight is 590 g/mol. The summed E-state index contributed by atoms with van der Waals surface area (Å²) in [7, 11) is 0.563. The first kappa shape index (κ1) is 30.7. The van der Waals surface area contributed by atoms with E-state index in [0.717, 1.165) is 18.0 Å². The average Bonchev–Trinajstić information content (AvgIpc) is 3.72. The van der Waals surface area contributed by atoms with E-state index in [1.165, 1.54) is 44.9 Å². The molecule has 2 unspecified atom stereocenters. The van der Waals surface area contributed by atoms with Gasteiger partial charge < -0.3 is 15.4 Å². The van der Waals surface area contributed by atoms with Crippen LogP contribution in [0.25, 0.3) is 0 Å². The van der Waals surface area contributed by atoms with Crippen molar-refractivity contribution in [2.75, 3.05) is 18.4 Å². The number of nitrogens with one attached hydrogen (secondary N) is 3. The Kier molecular flexibility index (Phi) is 10.1. The second kappa shape index (κ2) is 13.1. The van der Waals surface area contributed by atoms with E-state index in [2.05, 4.69) is 33.3 Å². The topological polar surface area (TPSA) is 112 Å². The molecular formula is C29H44N5O4PS. The van der Waals surface area contributed by atoms with E-state index in [9.17, 15) is 13.8 Å². The van der Waals surface area contributed by atoms with Crippen LogP contribution in [-0.2, 0) is 23.6 Å². The molecule has 0 radical (unpaired) electrons. The summed E-state index contributed by atoms with van der Waals surface area (Å²) in [6.07, 6.45) is 12.4. The van der Waals surface area contributed by atoms with Gasteiger partial charge in [-0.1, -0.05) is 19.3 Å². The number of carbonyl (C=O) groups excluding carboxylic acids is 2. The van der Waals surface area contributed by atoms with Crippen LogP contribution in [0.1, 0.15) is 77.7 Å². The highest BCUT2D eigenvalue weighted by Crippen LogP contribution is 2.34. The van der Waals surface area contributed by atoms with Crippen molar-refractivity contribution < 1.29 is 18.5 Å². The molecule has 3 aliphatic rings. The molecule has 220 valence electrons. The summed E-state index contributed by atoms with van der Waals surface area (Å²) in [6, 6.07) is 5.73. The zero-order chi connectivity index (χ0) is 28.9. The molecule has 4 rings (SSSR count). The third kappa shape index (κ3) is 8.87. The summed E-state index contributed by atoms with van der Waals surface area (Å²) < 4.78 is 21.4. The van der Waals surface area contributed by atoms with Crippen LogP contribution >= 0.6 is 8.02 Å². The van der Waals surface area contributed by atoms with Crippen LogP contribution in [0.5, 0.6) is 0 Å². The van der Waals surface area contributed by atoms with Gasteiger partial charge in [0.1, 0.15) is 17.5 Å². The summed E-state index contributed by atoms with van der Waals surface area (Å²) in [4.78, 5) is 32.6. The minimum atomic E-state index is -2.78. The Labute approximate surface area is 241 Å². The molecule has 2 fully saturated rings. The maximum atomic E-state index is 13.2. The molecule has 2 atom stereocenters. The maximum absolute atomic E-state index is 13.2. The summed E-state index contributed by atoms with van der Waals surface area (Å²) in [5, 5.41) is 6.35. The number of carbonyl (C=O) groups is 2. The van der Waals surface area contributed by atoms with Gasteiger partial charge in [-0.25, -0.2) is 13.9 Å². The second-order valence-corrected chi connectivity index (χ2v) is 15.7. The number of benzene rings is 1. The summed E-state index contributed by atoms with van der Waals surface area (Å²) in [6.45, 7) is 8.52. The number of rotatable bonds is 11. The highest BCUT2D eigenvalue weighted by atomic mass is 32.5. The zero-order valence-corrected chi connectivity index (χ0v) is 25.9. The Morgan fingerprint density at radius 2 is 1.90 bits per heavy atom. The lowest BCUT2D eigenvalue weighted by molar-refractivity contribution is -0.154. The third-order valence-corrected chi connectivity index (χ3v) is 10.1. The normalized spacial score (nSPS) is 21.3. The molecule has 0 spiro atoms. The van der Waals surface area contributed by atoms with Gasteiger partial charge in [-0.05, 0) is 97.1 Å². The molecule has 11 heteroatoms. The Bertz CT molecular complexity index is 1250. The first-order valence-corrected chi connectivity index (χ1v) is 17.1. The van der Waals surface area contributed by atoms with Crippen LogP contribution in [0.3, 0.4) is 0 Å². The number of amides is 1. The van der Waals surface area contributed by atoms with Crippen LogP contribution < -0.4 is 15.4 Å². The Morgan fingerprint density at radius 3 is 2.55 bits per heavy atom. The van der Waals surface area contributed by atoms with Crippen molar-refractivity contribution in [1.29, 1.82) is 0 Å². The number of hydrogen-bond donors (Lipinski definition) is 3. The maximum Gasteiger partial charge on any atom is 0.307 e. The molecule has 2 saturated carbocycles. The number of anilines is 1. The van der Waals surface area contributed by atoms with Gasteiger partial charge in [0.25, 0.3) is 5.91 Å². The predicted molar refractivity (Wildman–Crippen MR) is 163 cm³/mol. The molecule has 3 N–H and O–H groups in total. The van der Waals surface area contributed by atoms with Crippen molar-refractivity contribution in [1.82, 2.24) is 14.9 Å². The van der Waals surface area contributed by atoms with E-state index < -0.39 is 14.9 Å². The fourth-order valence-corrected chi connectivity index (χ4v) is 7.01. The van der Waals surface area contributed by atoms with Gasteiger partial charge in [0, 0.05) is 29.7 Å². The van der Waals surface area contributed by atoms with Crippen LogP contribution in [0, 0.1) is 12.8 Å². The van der Waals surface area contributed by atoms with E-state index in [4.69, 9.17) is 4.74 Å². The fraction of sp³-hybridized carbons (Fsp3) is 0.621. The number of ether oxygens (including phenoxy) is 1. The minimum absolute atomic E-state index is 0.0463. The zero-order valence-electron chi connectivity index (χ0n) is 24.1. The van der Waals surface area contributed by atoms with E-state index in [0.29, 0.717) is 22.3 Å². The molecule has 0 saturated heterocycles. The highest BCUT2D eigenvalue weighted by Gasteiger charge is 2.33. The summed E-state index contributed by atoms with van der Waals surface area (Å²) in [5.74, 6) is 0.122. The summed E-state index contributed by atoms with van der Waals surface area (Å²) in [5.41, 5.74) is 1.21. The molecule has 1 amide bonds. The van der Waals surface area contributed by atoms with Crippen LogP contribution in [0.4, 0.5) is 5.69 Å². The van der Waals surface area contributed by atoms with Gasteiger partial charge in [-0.3, -0.25) is 14.5 Å². The van der Waals surface area contributed by atoms with Crippen LogP contribution in [0.15, 0.2) is 39.9 Å². The van der Waals surface area contributed by atoms with Crippen LogP contribution in [-0.4, -0.2) is 58.2 Å². The van der Waals surface area contributed by atoms with Crippen molar-refractivity contribution in [2.45, 2.75) is 102 Å². The van der Waals surface area contributed by atoms with Gasteiger partial charge in [0.2, 0.25) is 0 Å². The first-order valence-electron chi connectivity index (χ1n) is 14.3. The summed E-state index contributed by atoms with van der Waals surface area (Å²) >= 11 is 0. The first-order chi connectivity index (χ1) is 18.9.